The lowest BCUT2D eigenvalue weighted by Crippen LogP contribution is -2.20. The van der Waals surface area contributed by atoms with Crippen molar-refractivity contribution in [3.8, 4) is 16.9 Å². The second-order valence-corrected chi connectivity index (χ2v) is 9.37. The van der Waals surface area contributed by atoms with Crippen molar-refractivity contribution in [3.05, 3.63) is 112 Å². The van der Waals surface area contributed by atoms with Crippen LogP contribution in [0.4, 0.5) is 0 Å². The summed E-state index contributed by atoms with van der Waals surface area (Å²) < 4.78 is 0. The highest BCUT2D eigenvalue weighted by molar-refractivity contribution is 5.71. The molecule has 1 heteroatoms. The van der Waals surface area contributed by atoms with Gasteiger partial charge in [0.1, 0.15) is 5.75 Å². The van der Waals surface area contributed by atoms with Crippen LogP contribution in [0.1, 0.15) is 64.2 Å². The van der Waals surface area contributed by atoms with Gasteiger partial charge in [-0.15, -0.1) is 0 Å². The molecule has 0 aliphatic heterocycles. The Labute approximate surface area is 186 Å². The van der Waals surface area contributed by atoms with Gasteiger partial charge in [0.05, 0.1) is 0 Å². The van der Waals surface area contributed by atoms with E-state index in [0.717, 1.165) is 16.7 Å². The fraction of sp³-hybridized carbons (Fsp3) is 0.267. The molecule has 1 aliphatic rings. The number of benzene rings is 3. The Bertz CT molecular complexity index is 1150. The molecular formula is C30H32O. The maximum Gasteiger partial charge on any atom is 0.123 e. The summed E-state index contributed by atoms with van der Waals surface area (Å²) in [6.07, 6.45) is 0. The molecule has 3 aromatic carbocycles. The Morgan fingerprint density at radius 2 is 1.19 bits per heavy atom. The van der Waals surface area contributed by atoms with Gasteiger partial charge < -0.3 is 5.11 Å². The first-order valence-electron chi connectivity index (χ1n) is 11.1. The molecule has 1 aliphatic carbocycles. The summed E-state index contributed by atoms with van der Waals surface area (Å²) in [4.78, 5) is 0. The Morgan fingerprint density at radius 3 is 1.74 bits per heavy atom. The molecule has 0 fully saturated rings. The van der Waals surface area contributed by atoms with Gasteiger partial charge in [-0.05, 0) is 67.7 Å². The molecule has 4 rings (SSSR count). The lowest BCUT2D eigenvalue weighted by molar-refractivity contribution is 0.445. The average molecular weight is 409 g/mol. The number of phenols is 1. The minimum Gasteiger partial charge on any atom is -0.507 e. The molecule has 1 nitrogen and oxygen atoms in total. The van der Waals surface area contributed by atoms with E-state index in [4.69, 9.17) is 0 Å². The Hall–Kier alpha value is -3.06. The highest BCUT2D eigenvalue weighted by Crippen LogP contribution is 2.50. The third kappa shape index (κ3) is 3.53. The summed E-state index contributed by atoms with van der Waals surface area (Å²) in [5.74, 6) is 0.536. The molecule has 3 aromatic rings. The van der Waals surface area contributed by atoms with Crippen molar-refractivity contribution in [3.63, 3.8) is 0 Å². The lowest BCUT2D eigenvalue weighted by Gasteiger charge is -2.30. The predicted molar refractivity (Wildman–Crippen MR) is 132 cm³/mol. The summed E-state index contributed by atoms with van der Waals surface area (Å²) in [6.45, 7) is 13.2. The van der Waals surface area contributed by atoms with E-state index >= 15 is 0 Å². The van der Waals surface area contributed by atoms with Crippen molar-refractivity contribution in [1.29, 1.82) is 0 Å². The van der Waals surface area contributed by atoms with Gasteiger partial charge in [0.2, 0.25) is 0 Å². The molecule has 31 heavy (non-hydrogen) atoms. The van der Waals surface area contributed by atoms with Crippen molar-refractivity contribution in [2.45, 2.75) is 52.9 Å². The van der Waals surface area contributed by atoms with Gasteiger partial charge in [0.25, 0.3) is 0 Å². The van der Waals surface area contributed by atoms with Crippen LogP contribution in [0.5, 0.6) is 5.75 Å². The van der Waals surface area contributed by atoms with E-state index in [1.807, 2.05) is 12.1 Å². The molecule has 1 N–H and O–H groups in total. The largest absolute Gasteiger partial charge is 0.507 e. The van der Waals surface area contributed by atoms with E-state index in [1.54, 1.807) is 0 Å². The molecule has 0 unspecified atom stereocenters. The summed E-state index contributed by atoms with van der Waals surface area (Å²) in [5, 5.41) is 11.7. The first-order chi connectivity index (χ1) is 14.7. The number of aromatic hydroxyl groups is 1. The van der Waals surface area contributed by atoms with Crippen LogP contribution in [-0.2, 0) is 5.41 Å². The van der Waals surface area contributed by atoms with Crippen molar-refractivity contribution >= 4 is 0 Å². The zero-order valence-corrected chi connectivity index (χ0v) is 19.5. The molecule has 0 saturated carbocycles. The SMILES string of the molecule is CC1=C(C)C(c2cc(-c3ccccc3)cc(C(C)(C)c3ccccc3)c2O)C(C)=C1C. The first-order valence-corrected chi connectivity index (χ1v) is 11.1. The fourth-order valence-corrected chi connectivity index (χ4v) is 4.98. The Morgan fingerprint density at radius 1 is 0.677 bits per heavy atom. The van der Waals surface area contributed by atoms with E-state index in [0.29, 0.717) is 5.75 Å². The molecular weight excluding hydrogens is 376 g/mol. The van der Waals surface area contributed by atoms with Crippen molar-refractivity contribution in [2.24, 2.45) is 0 Å². The van der Waals surface area contributed by atoms with Crippen LogP contribution in [-0.4, -0.2) is 5.11 Å². The van der Waals surface area contributed by atoms with E-state index in [1.165, 1.54) is 33.4 Å². The minimum absolute atomic E-state index is 0.119. The molecule has 0 bridgehead atoms. The maximum atomic E-state index is 11.7. The molecule has 0 radical (unpaired) electrons. The normalized spacial score (nSPS) is 15.2. The second kappa shape index (κ2) is 7.89. The third-order valence-electron chi connectivity index (χ3n) is 7.34. The predicted octanol–water partition coefficient (Wildman–Crippen LogP) is 8.16. The summed E-state index contributed by atoms with van der Waals surface area (Å²) >= 11 is 0. The lowest BCUT2D eigenvalue weighted by atomic mass is 9.74. The van der Waals surface area contributed by atoms with Gasteiger partial charge in [0, 0.05) is 22.5 Å². The smallest absolute Gasteiger partial charge is 0.123 e. The van der Waals surface area contributed by atoms with Gasteiger partial charge in [-0.1, -0.05) is 85.7 Å². The zero-order chi connectivity index (χ0) is 22.3. The van der Waals surface area contributed by atoms with Crippen LogP contribution >= 0.6 is 0 Å². The van der Waals surface area contributed by atoms with Crippen molar-refractivity contribution < 1.29 is 5.11 Å². The second-order valence-electron chi connectivity index (χ2n) is 9.37. The molecule has 0 heterocycles. The van der Waals surface area contributed by atoms with Crippen molar-refractivity contribution in [2.75, 3.05) is 0 Å². The number of hydrogen-bond acceptors (Lipinski definition) is 1. The number of rotatable bonds is 4. The monoisotopic (exact) mass is 408 g/mol. The standard InChI is InChI=1S/C30H32O/c1-19-20(2)22(4)28(21(19)3)26-17-24(23-13-9-7-10-14-23)18-27(29(26)31)30(5,6)25-15-11-8-12-16-25/h7-18,28,31H,1-6H3. The summed E-state index contributed by atoms with van der Waals surface area (Å²) in [5.41, 5.74) is 10.5. The molecule has 0 amide bonds. The first kappa shape index (κ1) is 21.2. The van der Waals surface area contributed by atoms with Crippen LogP contribution in [0.15, 0.2) is 95.1 Å². The van der Waals surface area contributed by atoms with Gasteiger partial charge >= 0.3 is 0 Å². The summed E-state index contributed by atoms with van der Waals surface area (Å²) in [7, 11) is 0. The van der Waals surface area contributed by atoms with Crippen LogP contribution in [0.25, 0.3) is 11.1 Å². The van der Waals surface area contributed by atoms with E-state index in [2.05, 4.69) is 102 Å². The molecule has 158 valence electrons. The minimum atomic E-state index is -0.331. The maximum absolute atomic E-state index is 11.7. The van der Waals surface area contributed by atoms with Crippen LogP contribution in [0, 0.1) is 0 Å². The average Bonchev–Trinajstić information content (AvgIpc) is 2.98. The fourth-order valence-electron chi connectivity index (χ4n) is 4.98. The van der Waals surface area contributed by atoms with Gasteiger partial charge in [-0.2, -0.15) is 0 Å². The van der Waals surface area contributed by atoms with E-state index in [9.17, 15) is 5.11 Å². The van der Waals surface area contributed by atoms with Crippen LogP contribution < -0.4 is 0 Å². The molecule has 0 saturated heterocycles. The van der Waals surface area contributed by atoms with Gasteiger partial charge in [0.15, 0.2) is 0 Å². The van der Waals surface area contributed by atoms with Gasteiger partial charge in [-0.25, -0.2) is 0 Å². The third-order valence-corrected chi connectivity index (χ3v) is 7.34. The Balaban J connectivity index is 2.00. The summed E-state index contributed by atoms with van der Waals surface area (Å²) in [6, 6.07) is 25.3. The molecule has 0 aromatic heterocycles. The van der Waals surface area contributed by atoms with E-state index < -0.39 is 0 Å². The number of hydrogen-bond donors (Lipinski definition) is 1. The van der Waals surface area contributed by atoms with Crippen LogP contribution in [0.2, 0.25) is 0 Å². The Kier molecular flexibility index (Phi) is 5.39. The van der Waals surface area contributed by atoms with Gasteiger partial charge in [-0.3, -0.25) is 0 Å². The zero-order valence-electron chi connectivity index (χ0n) is 19.5. The molecule has 0 atom stereocenters. The van der Waals surface area contributed by atoms with Crippen molar-refractivity contribution in [1.82, 2.24) is 0 Å². The number of phenolic OH excluding ortho intramolecular Hbond substituents is 1. The highest BCUT2D eigenvalue weighted by Gasteiger charge is 2.33. The topological polar surface area (TPSA) is 20.2 Å². The molecule has 0 spiro atoms. The van der Waals surface area contributed by atoms with E-state index in [-0.39, 0.29) is 11.3 Å². The quantitative estimate of drug-likeness (QED) is 0.462. The highest BCUT2D eigenvalue weighted by atomic mass is 16.3. The number of allylic oxidation sites excluding steroid dienone is 4. The van der Waals surface area contributed by atoms with Crippen LogP contribution in [0.3, 0.4) is 0 Å².